The summed E-state index contributed by atoms with van der Waals surface area (Å²) in [7, 11) is 0. The number of para-hydroxylation sites is 1. The average Bonchev–Trinajstić information content (AvgIpc) is 2.33. The maximum absolute atomic E-state index is 10.0. The Morgan fingerprint density at radius 3 is 1.89 bits per heavy atom. The number of nitrogens with zero attached hydrogens (tertiary/aromatic N) is 1. The van der Waals surface area contributed by atoms with Crippen LogP contribution in [-0.2, 0) is 4.79 Å². The molecule has 6 nitrogen and oxygen atoms in total. The zero-order valence-electron chi connectivity index (χ0n) is 10.0. The van der Waals surface area contributed by atoms with E-state index in [4.69, 9.17) is 15.6 Å². The highest BCUT2D eigenvalue weighted by atomic mass is 128. The number of carbonyl (C=O) groups is 1. The molecule has 0 spiro atoms. The average molecular weight is 484 g/mol. The maximum Gasteiger partial charge on any atom is 0.300 e. The van der Waals surface area contributed by atoms with Gasteiger partial charge < -0.3 is 10.8 Å². The Morgan fingerprint density at radius 2 is 1.72 bits per heavy atom. The molecule has 0 aliphatic rings. The summed E-state index contributed by atoms with van der Waals surface area (Å²) in [4.78, 5) is 18.6. The molecule has 0 heterocycles. The molecule has 0 aromatic heterocycles. The fraction of sp³-hybridized carbons (Fsp3) is 0.300. The van der Waals surface area contributed by atoms with Crippen LogP contribution in [-0.4, -0.2) is 22.5 Å². The summed E-state index contributed by atoms with van der Waals surface area (Å²) in [5, 5.41) is 17.4. The zero-order chi connectivity index (χ0) is 15.0. The Balaban J connectivity index is -0.0000000963. The number of hydrogen-bond acceptors (Lipinski definition) is 4. The van der Waals surface area contributed by atoms with Crippen molar-refractivity contribution in [3.63, 3.8) is 0 Å². The lowest BCUT2D eigenvalue weighted by atomic mass is 10.3. The van der Waals surface area contributed by atoms with Crippen molar-refractivity contribution < 1.29 is 16.3 Å². The van der Waals surface area contributed by atoms with Gasteiger partial charge in [0.15, 0.2) is 0 Å². The molecule has 0 fully saturated rings. The van der Waals surface area contributed by atoms with E-state index >= 15 is 0 Å². The third kappa shape index (κ3) is 24.6. The van der Waals surface area contributed by atoms with E-state index in [1.54, 1.807) is 18.2 Å². The van der Waals surface area contributed by atoms with Gasteiger partial charge in [-0.05, 0) is 6.54 Å². The second-order valence-electron chi connectivity index (χ2n) is 2.52. The fourth-order valence-electron chi connectivity index (χ4n) is 0.550. The topological polar surface area (TPSA) is 106 Å². The molecule has 1 aromatic carbocycles. The summed E-state index contributed by atoms with van der Waals surface area (Å²) in [6, 6.07) is 7.93. The van der Waals surface area contributed by atoms with Gasteiger partial charge in [0, 0.05) is 57.7 Å². The van der Waals surface area contributed by atoms with Crippen LogP contribution in [0.4, 0.5) is 5.69 Å². The standard InChI is InChI=1S/C6H5NO2.C2H7N.C2H4O2.I2.H2/c8-7(9)6-4-2-1-3-5-6;1-2-3;1-2(3)4;1-2;/h1-5H;2-3H2,1H3;1H3,(H,3,4);;1H. The number of aliphatic carboxylic acids is 1. The SMILES string of the molecule is CC(=O)O.CCN.II.O=[N+]([O-])c1ccccc1.[HH]. The summed E-state index contributed by atoms with van der Waals surface area (Å²) in [5.41, 5.74) is 4.98. The van der Waals surface area contributed by atoms with E-state index in [-0.39, 0.29) is 7.11 Å². The Bertz CT molecular complexity index is 312. The molecule has 1 rings (SSSR count). The van der Waals surface area contributed by atoms with Crippen LogP contribution in [0.2, 0.25) is 0 Å². The highest BCUT2D eigenvalue weighted by Crippen LogP contribution is 2.06. The van der Waals surface area contributed by atoms with Crippen molar-refractivity contribution in [1.82, 2.24) is 0 Å². The number of carboxylic acids is 1. The molecule has 0 aliphatic heterocycles. The molecule has 0 atom stereocenters. The van der Waals surface area contributed by atoms with Crippen LogP contribution in [0.5, 0.6) is 0 Å². The highest BCUT2D eigenvalue weighted by molar-refractivity contribution is 15.0. The first kappa shape index (κ1) is 22.7. The molecule has 0 unspecified atom stereocenters. The molecule has 0 amide bonds. The third-order valence-electron chi connectivity index (χ3n) is 0.967. The summed E-state index contributed by atoms with van der Waals surface area (Å²) in [6.45, 7) is 3.74. The Morgan fingerprint density at radius 1 is 1.44 bits per heavy atom. The predicted octanol–water partition coefficient (Wildman–Crippen LogP) is 3.67. The van der Waals surface area contributed by atoms with E-state index in [0.717, 1.165) is 13.5 Å². The van der Waals surface area contributed by atoms with Gasteiger partial charge in [-0.15, -0.1) is 0 Å². The van der Waals surface area contributed by atoms with Crippen molar-refractivity contribution in [1.29, 1.82) is 0 Å². The number of non-ortho nitro benzene ring substituents is 1. The lowest BCUT2D eigenvalue weighted by Gasteiger charge is -1.85. The van der Waals surface area contributed by atoms with Gasteiger partial charge in [0.1, 0.15) is 0 Å². The van der Waals surface area contributed by atoms with E-state index in [1.165, 1.54) is 12.1 Å². The lowest BCUT2D eigenvalue weighted by molar-refractivity contribution is -0.384. The molecule has 0 saturated carbocycles. The smallest absolute Gasteiger partial charge is 0.300 e. The Labute approximate surface area is 131 Å². The second kappa shape index (κ2) is 18.9. The molecular weight excluding hydrogens is 466 g/mol. The largest absolute Gasteiger partial charge is 0.481 e. The Kier molecular flexibility index (Phi) is 23.8. The number of nitro benzene ring substituents is 1. The number of hydrogen-bond donors (Lipinski definition) is 2. The van der Waals surface area contributed by atoms with E-state index in [9.17, 15) is 10.1 Å². The minimum absolute atomic E-state index is 0. The van der Waals surface area contributed by atoms with Gasteiger partial charge in [-0.25, -0.2) is 0 Å². The first-order valence-corrected chi connectivity index (χ1v) is 11.0. The monoisotopic (exact) mass is 484 g/mol. The maximum atomic E-state index is 10.0. The molecule has 0 bridgehead atoms. The van der Waals surface area contributed by atoms with Crippen molar-refractivity contribution in [2.75, 3.05) is 6.54 Å². The second-order valence-corrected chi connectivity index (χ2v) is 2.52. The van der Waals surface area contributed by atoms with Gasteiger partial charge in [0.2, 0.25) is 0 Å². The van der Waals surface area contributed by atoms with E-state index in [2.05, 4.69) is 37.2 Å². The Hall–Kier alpha value is -0.490. The molecule has 3 N–H and O–H groups in total. The van der Waals surface area contributed by atoms with E-state index < -0.39 is 10.9 Å². The molecule has 0 saturated heterocycles. The molecular formula is C10H18I2N2O4. The van der Waals surface area contributed by atoms with Crippen molar-refractivity contribution in [3.8, 4) is 0 Å². The number of nitrogens with two attached hydrogens (primary N) is 1. The first-order chi connectivity index (χ1) is 8.45. The van der Waals surface area contributed by atoms with Crippen LogP contribution in [0.1, 0.15) is 15.3 Å². The van der Waals surface area contributed by atoms with Crippen molar-refractivity contribution in [3.05, 3.63) is 40.4 Å². The molecule has 106 valence electrons. The van der Waals surface area contributed by atoms with Gasteiger partial charge >= 0.3 is 0 Å². The number of carboxylic acid groups (broad SMARTS) is 1. The molecule has 1 aromatic rings. The fourth-order valence-corrected chi connectivity index (χ4v) is 0.550. The van der Waals surface area contributed by atoms with Gasteiger partial charge in [0.05, 0.1) is 4.92 Å². The van der Waals surface area contributed by atoms with Crippen molar-refractivity contribution in [2.24, 2.45) is 5.73 Å². The minimum atomic E-state index is -0.833. The highest BCUT2D eigenvalue weighted by Gasteiger charge is 1.98. The van der Waals surface area contributed by atoms with Gasteiger partial charge in [-0.3, -0.25) is 14.9 Å². The third-order valence-corrected chi connectivity index (χ3v) is 0.967. The summed E-state index contributed by atoms with van der Waals surface area (Å²) in [5.74, 6) is -0.833. The van der Waals surface area contributed by atoms with Crippen LogP contribution in [0.25, 0.3) is 0 Å². The number of nitro groups is 1. The number of halogens is 2. The van der Waals surface area contributed by atoms with E-state index in [0.29, 0.717) is 0 Å². The molecule has 8 heteroatoms. The lowest BCUT2D eigenvalue weighted by Crippen LogP contribution is -1.87. The van der Waals surface area contributed by atoms with Crippen LogP contribution >= 0.6 is 37.2 Å². The van der Waals surface area contributed by atoms with Crippen molar-refractivity contribution >= 4 is 48.9 Å². The van der Waals surface area contributed by atoms with Gasteiger partial charge in [0.25, 0.3) is 11.7 Å². The van der Waals surface area contributed by atoms with Crippen LogP contribution in [0.15, 0.2) is 30.3 Å². The first-order valence-electron chi connectivity index (χ1n) is 4.69. The van der Waals surface area contributed by atoms with Crippen LogP contribution in [0, 0.1) is 10.1 Å². The van der Waals surface area contributed by atoms with Crippen LogP contribution < -0.4 is 5.73 Å². The summed E-state index contributed by atoms with van der Waals surface area (Å²) >= 11 is 4.24. The minimum Gasteiger partial charge on any atom is -0.481 e. The normalized spacial score (nSPS) is 7.17. The number of rotatable bonds is 1. The quantitative estimate of drug-likeness (QED) is 0.360. The zero-order valence-corrected chi connectivity index (χ0v) is 14.4. The van der Waals surface area contributed by atoms with E-state index in [1.807, 2.05) is 6.92 Å². The molecule has 18 heavy (non-hydrogen) atoms. The van der Waals surface area contributed by atoms with Crippen molar-refractivity contribution in [2.45, 2.75) is 13.8 Å². The molecule has 0 aliphatic carbocycles. The predicted molar refractivity (Wildman–Crippen MR) is 91.3 cm³/mol. The summed E-state index contributed by atoms with van der Waals surface area (Å²) in [6.07, 6.45) is 0. The van der Waals surface area contributed by atoms with Gasteiger partial charge in [-0.1, -0.05) is 25.1 Å². The van der Waals surface area contributed by atoms with Gasteiger partial charge in [-0.2, -0.15) is 0 Å². The number of benzene rings is 1. The molecule has 0 radical (unpaired) electrons. The summed E-state index contributed by atoms with van der Waals surface area (Å²) < 4.78 is 0. The van der Waals surface area contributed by atoms with Crippen LogP contribution in [0.3, 0.4) is 0 Å².